The maximum absolute atomic E-state index is 13.2. The van der Waals surface area contributed by atoms with Crippen LogP contribution in [0.4, 0.5) is 4.39 Å². The van der Waals surface area contributed by atoms with Gasteiger partial charge in [-0.1, -0.05) is 35.3 Å². The summed E-state index contributed by atoms with van der Waals surface area (Å²) in [6, 6.07) is 11.8. The lowest BCUT2D eigenvalue weighted by Crippen LogP contribution is -1.99. The fraction of sp³-hybridized carbons (Fsp3) is 0.125. The molecule has 3 rings (SSSR count). The van der Waals surface area contributed by atoms with Crippen LogP contribution in [0.3, 0.4) is 0 Å². The van der Waals surface area contributed by atoms with E-state index in [0.717, 1.165) is 20.5 Å². The molecule has 1 heterocycles. The molecule has 0 radical (unpaired) electrons. The van der Waals surface area contributed by atoms with Crippen molar-refractivity contribution < 1.29 is 9.50 Å². The largest absolute Gasteiger partial charge is 0.387 e. The average Bonchev–Trinajstić information content (AvgIpc) is 2.86. The van der Waals surface area contributed by atoms with E-state index in [4.69, 9.17) is 23.2 Å². The Morgan fingerprint density at radius 2 is 1.86 bits per heavy atom. The zero-order valence-electron chi connectivity index (χ0n) is 10.8. The lowest BCUT2D eigenvalue weighted by Gasteiger charge is -2.09. The van der Waals surface area contributed by atoms with Gasteiger partial charge in [0.2, 0.25) is 0 Å². The average molecular weight is 341 g/mol. The number of hydrogen-bond acceptors (Lipinski definition) is 2. The number of benzene rings is 2. The van der Waals surface area contributed by atoms with Crippen LogP contribution in [-0.4, -0.2) is 5.11 Å². The molecule has 0 aliphatic heterocycles. The van der Waals surface area contributed by atoms with Gasteiger partial charge in [0, 0.05) is 16.0 Å². The zero-order valence-corrected chi connectivity index (χ0v) is 13.1. The van der Waals surface area contributed by atoms with Crippen molar-refractivity contribution in [2.45, 2.75) is 12.5 Å². The Morgan fingerprint density at radius 3 is 2.62 bits per heavy atom. The summed E-state index contributed by atoms with van der Waals surface area (Å²) < 4.78 is 14.0. The maximum atomic E-state index is 13.2. The first-order valence-electron chi connectivity index (χ1n) is 6.34. The lowest BCUT2D eigenvalue weighted by molar-refractivity contribution is 0.182. The minimum absolute atomic E-state index is 0.269. The zero-order chi connectivity index (χ0) is 15.0. The Morgan fingerprint density at radius 1 is 1.05 bits per heavy atom. The summed E-state index contributed by atoms with van der Waals surface area (Å²) >= 11 is 13.2. The van der Waals surface area contributed by atoms with Crippen molar-refractivity contribution >= 4 is 44.6 Å². The van der Waals surface area contributed by atoms with E-state index < -0.39 is 6.10 Å². The number of aliphatic hydroxyl groups excluding tert-OH is 1. The highest BCUT2D eigenvalue weighted by Gasteiger charge is 2.13. The van der Waals surface area contributed by atoms with E-state index in [0.29, 0.717) is 16.5 Å². The van der Waals surface area contributed by atoms with E-state index in [9.17, 15) is 9.50 Å². The molecular weight excluding hydrogens is 330 g/mol. The first-order valence-corrected chi connectivity index (χ1v) is 7.91. The van der Waals surface area contributed by atoms with Gasteiger partial charge < -0.3 is 5.11 Å². The van der Waals surface area contributed by atoms with Gasteiger partial charge in [-0.2, -0.15) is 0 Å². The number of aliphatic hydroxyl groups is 1. The van der Waals surface area contributed by atoms with Gasteiger partial charge in [0.05, 0.1) is 16.1 Å². The van der Waals surface area contributed by atoms with E-state index in [1.54, 1.807) is 18.2 Å². The van der Waals surface area contributed by atoms with Crippen LogP contribution < -0.4 is 0 Å². The lowest BCUT2D eigenvalue weighted by atomic mass is 10.1. The predicted molar refractivity (Wildman–Crippen MR) is 86.9 cm³/mol. The van der Waals surface area contributed by atoms with Crippen LogP contribution in [0.1, 0.15) is 16.5 Å². The van der Waals surface area contributed by atoms with Gasteiger partial charge in [0.15, 0.2) is 0 Å². The van der Waals surface area contributed by atoms with Crippen molar-refractivity contribution in [3.8, 4) is 0 Å². The van der Waals surface area contributed by atoms with Gasteiger partial charge in [0.25, 0.3) is 0 Å². The van der Waals surface area contributed by atoms with Gasteiger partial charge in [-0.05, 0) is 41.3 Å². The Labute approximate surface area is 135 Å². The van der Waals surface area contributed by atoms with Crippen molar-refractivity contribution in [3.05, 3.63) is 68.8 Å². The Bertz CT molecular complexity index is 800. The molecule has 0 saturated heterocycles. The van der Waals surface area contributed by atoms with Gasteiger partial charge in [-0.15, -0.1) is 11.3 Å². The standard InChI is InChI=1S/C16H11Cl2FOS/c17-12-4-1-9(5-13(12)18)6-14(20)16-7-10-2-3-11(19)8-15(10)21-16/h1-5,7-8,14,20H,6H2. The summed E-state index contributed by atoms with van der Waals surface area (Å²) in [5, 5.41) is 12.2. The minimum Gasteiger partial charge on any atom is -0.387 e. The second-order valence-electron chi connectivity index (χ2n) is 4.80. The molecular formula is C16H11Cl2FOS. The summed E-state index contributed by atoms with van der Waals surface area (Å²) in [6.07, 6.45) is -0.214. The maximum Gasteiger partial charge on any atom is 0.124 e. The number of halogens is 3. The minimum atomic E-state index is -0.650. The van der Waals surface area contributed by atoms with E-state index >= 15 is 0 Å². The third kappa shape index (κ3) is 3.22. The van der Waals surface area contributed by atoms with E-state index in [-0.39, 0.29) is 5.82 Å². The van der Waals surface area contributed by atoms with Crippen molar-refractivity contribution in [2.24, 2.45) is 0 Å². The molecule has 1 aromatic heterocycles. The summed E-state index contributed by atoms with van der Waals surface area (Å²) in [5.41, 5.74) is 0.903. The molecule has 0 amide bonds. The monoisotopic (exact) mass is 340 g/mol. The highest BCUT2D eigenvalue weighted by atomic mass is 35.5. The van der Waals surface area contributed by atoms with Crippen LogP contribution in [0.15, 0.2) is 42.5 Å². The molecule has 0 spiro atoms. The fourth-order valence-corrected chi connectivity index (χ4v) is 3.58. The van der Waals surface area contributed by atoms with Gasteiger partial charge in [-0.3, -0.25) is 0 Å². The molecule has 0 aliphatic rings. The van der Waals surface area contributed by atoms with Gasteiger partial charge in [0.1, 0.15) is 5.82 Å². The number of fused-ring (bicyclic) bond motifs is 1. The molecule has 108 valence electrons. The molecule has 1 unspecified atom stereocenters. The van der Waals surface area contributed by atoms with Crippen LogP contribution in [0.2, 0.25) is 10.0 Å². The van der Waals surface area contributed by atoms with Crippen LogP contribution >= 0.6 is 34.5 Å². The highest BCUT2D eigenvalue weighted by Crippen LogP contribution is 2.32. The molecule has 5 heteroatoms. The van der Waals surface area contributed by atoms with E-state index in [2.05, 4.69) is 0 Å². The molecule has 0 saturated carbocycles. The van der Waals surface area contributed by atoms with Gasteiger partial charge in [-0.25, -0.2) is 4.39 Å². The first kappa shape index (κ1) is 14.8. The van der Waals surface area contributed by atoms with Crippen LogP contribution in [-0.2, 0) is 6.42 Å². The van der Waals surface area contributed by atoms with Crippen molar-refractivity contribution in [2.75, 3.05) is 0 Å². The normalized spacial score (nSPS) is 12.8. The predicted octanol–water partition coefficient (Wildman–Crippen LogP) is 5.62. The van der Waals surface area contributed by atoms with Crippen LogP contribution in [0.25, 0.3) is 10.1 Å². The Kier molecular flexibility index (Phi) is 4.18. The summed E-state index contributed by atoms with van der Waals surface area (Å²) in [7, 11) is 0. The van der Waals surface area contributed by atoms with Crippen molar-refractivity contribution in [1.82, 2.24) is 0 Å². The molecule has 0 aliphatic carbocycles. The smallest absolute Gasteiger partial charge is 0.124 e. The second kappa shape index (κ2) is 5.93. The molecule has 1 atom stereocenters. The molecule has 1 N–H and O–H groups in total. The fourth-order valence-electron chi connectivity index (χ4n) is 2.18. The topological polar surface area (TPSA) is 20.2 Å². The van der Waals surface area contributed by atoms with Gasteiger partial charge >= 0.3 is 0 Å². The second-order valence-corrected chi connectivity index (χ2v) is 6.73. The third-order valence-corrected chi connectivity index (χ3v) is 5.18. The molecule has 0 bridgehead atoms. The van der Waals surface area contributed by atoms with Crippen LogP contribution in [0.5, 0.6) is 0 Å². The molecule has 1 nitrogen and oxygen atoms in total. The Balaban J connectivity index is 1.85. The van der Waals surface area contributed by atoms with Crippen LogP contribution in [0, 0.1) is 5.82 Å². The summed E-state index contributed by atoms with van der Waals surface area (Å²) in [4.78, 5) is 0.807. The van der Waals surface area contributed by atoms with Crippen molar-refractivity contribution in [3.63, 3.8) is 0 Å². The molecule has 0 fully saturated rings. The summed E-state index contributed by atoms with van der Waals surface area (Å²) in [6.45, 7) is 0. The SMILES string of the molecule is OC(Cc1ccc(Cl)c(Cl)c1)c1cc2ccc(F)cc2s1. The van der Waals surface area contributed by atoms with Crippen molar-refractivity contribution in [1.29, 1.82) is 0 Å². The summed E-state index contributed by atoms with van der Waals surface area (Å²) in [5.74, 6) is -0.269. The Hall–Kier alpha value is -1.13. The molecule has 21 heavy (non-hydrogen) atoms. The first-order chi connectivity index (χ1) is 10.0. The quantitative estimate of drug-likeness (QED) is 0.655. The highest BCUT2D eigenvalue weighted by molar-refractivity contribution is 7.19. The van der Waals surface area contributed by atoms with E-state index in [1.807, 2.05) is 12.1 Å². The number of hydrogen-bond donors (Lipinski definition) is 1. The molecule has 2 aromatic carbocycles. The van der Waals surface area contributed by atoms with E-state index in [1.165, 1.54) is 23.5 Å². The molecule has 3 aromatic rings. The number of thiophene rings is 1. The third-order valence-electron chi connectivity index (χ3n) is 3.24. The number of rotatable bonds is 3.